The quantitative estimate of drug-likeness (QED) is 0.0280. The number of unbranched alkanes of at least 4 members (excludes halogenated alkanes) is 3. The zero-order chi connectivity index (χ0) is 43.6. The van der Waals surface area contributed by atoms with E-state index in [0.717, 1.165) is 89.9 Å². The van der Waals surface area contributed by atoms with E-state index >= 15 is 0 Å². The standard InChI is InChI=1S/C51H78O9/c1-3-5-7-9-11-13-15-17-19-20-21-22-23-24-25-27-29-31-33-35-37-39-41-57-43-45(44-58-51-50(56)49(55)48(54)46(42-52)60-51)59-47(53)40-38-36-34-32-30-28-26-18-16-14-12-10-8-6-4-2/h5-8,11-14,17-19,21-22,24-26,29-32,36,38,45-46,48-52,54-56H,3-4,9-10,15-16,20,23,27-28,33-35,37,39-44H2,1-2H3/b7-5-,8-6-,13-11-,14-12-,19-17-,22-21-,25-24-,26-18-,31-29-,32-30-,38-36-. The maximum Gasteiger partial charge on any atom is 0.310 e. The number of hydrogen-bond donors (Lipinski definition) is 4. The van der Waals surface area contributed by atoms with Crippen LogP contribution in [-0.4, -0.2) is 89.6 Å². The first-order valence-corrected chi connectivity index (χ1v) is 22.3. The molecule has 0 aromatic carbocycles. The summed E-state index contributed by atoms with van der Waals surface area (Å²) in [6, 6.07) is 0. The molecule has 6 unspecified atom stereocenters. The molecule has 1 aliphatic heterocycles. The van der Waals surface area contributed by atoms with Gasteiger partial charge in [0.15, 0.2) is 6.29 Å². The molecule has 9 heteroatoms. The van der Waals surface area contributed by atoms with Crippen LogP contribution in [0.3, 0.4) is 0 Å². The maximum atomic E-state index is 12.7. The number of allylic oxidation sites excluding steroid dienone is 21. The molecule has 0 radical (unpaired) electrons. The van der Waals surface area contributed by atoms with E-state index in [1.165, 1.54) is 0 Å². The molecular formula is C51H78O9. The number of rotatable bonds is 35. The molecule has 4 N–H and O–H groups in total. The molecule has 0 aromatic heterocycles. The Hall–Kier alpha value is -3.67. The average Bonchev–Trinajstić information content (AvgIpc) is 3.25. The molecule has 1 saturated heterocycles. The Labute approximate surface area is 362 Å². The van der Waals surface area contributed by atoms with Crippen LogP contribution in [0.5, 0.6) is 0 Å². The van der Waals surface area contributed by atoms with Crippen molar-refractivity contribution in [3.05, 3.63) is 134 Å². The number of carbonyl (C=O) groups is 1. The molecule has 0 amide bonds. The summed E-state index contributed by atoms with van der Waals surface area (Å²) in [5.41, 5.74) is 0. The van der Waals surface area contributed by atoms with Crippen LogP contribution in [0.4, 0.5) is 0 Å². The van der Waals surface area contributed by atoms with Crippen LogP contribution in [0.15, 0.2) is 134 Å². The van der Waals surface area contributed by atoms with Crippen molar-refractivity contribution in [2.24, 2.45) is 0 Å². The second kappa shape index (κ2) is 40.7. The molecule has 1 fully saturated rings. The van der Waals surface area contributed by atoms with Gasteiger partial charge in [0.2, 0.25) is 0 Å². The predicted molar refractivity (Wildman–Crippen MR) is 246 cm³/mol. The molecule has 60 heavy (non-hydrogen) atoms. The molecule has 6 atom stereocenters. The van der Waals surface area contributed by atoms with E-state index in [-0.39, 0.29) is 19.6 Å². The minimum absolute atomic E-state index is 0.0681. The van der Waals surface area contributed by atoms with Crippen LogP contribution in [0.25, 0.3) is 0 Å². The van der Waals surface area contributed by atoms with Crippen molar-refractivity contribution in [1.29, 1.82) is 0 Å². The number of ether oxygens (including phenoxy) is 4. The highest BCUT2D eigenvalue weighted by Gasteiger charge is 2.44. The smallest absolute Gasteiger partial charge is 0.310 e. The van der Waals surface area contributed by atoms with Crippen molar-refractivity contribution < 1.29 is 44.2 Å². The van der Waals surface area contributed by atoms with Crippen molar-refractivity contribution in [2.75, 3.05) is 26.4 Å². The highest BCUT2D eigenvalue weighted by atomic mass is 16.7. The summed E-state index contributed by atoms with van der Waals surface area (Å²) in [5, 5.41) is 40.1. The van der Waals surface area contributed by atoms with E-state index in [1.54, 1.807) is 6.08 Å². The Bertz CT molecular complexity index is 1360. The van der Waals surface area contributed by atoms with Crippen LogP contribution >= 0.6 is 0 Å². The highest BCUT2D eigenvalue weighted by molar-refractivity contribution is 5.71. The fourth-order valence-corrected chi connectivity index (χ4v) is 5.69. The lowest BCUT2D eigenvalue weighted by Gasteiger charge is -2.39. The van der Waals surface area contributed by atoms with E-state index in [2.05, 4.69) is 129 Å². The van der Waals surface area contributed by atoms with Gasteiger partial charge in [-0.15, -0.1) is 0 Å². The monoisotopic (exact) mass is 835 g/mol. The zero-order valence-corrected chi connectivity index (χ0v) is 36.6. The highest BCUT2D eigenvalue weighted by Crippen LogP contribution is 2.22. The molecule has 1 rings (SSSR count). The summed E-state index contributed by atoms with van der Waals surface area (Å²) >= 11 is 0. The molecule has 1 aliphatic rings. The van der Waals surface area contributed by atoms with Gasteiger partial charge in [0.1, 0.15) is 30.5 Å². The van der Waals surface area contributed by atoms with Crippen molar-refractivity contribution >= 4 is 5.97 Å². The van der Waals surface area contributed by atoms with Crippen LogP contribution in [0.2, 0.25) is 0 Å². The number of aliphatic hydroxyl groups excluding tert-OH is 4. The van der Waals surface area contributed by atoms with Crippen LogP contribution in [0.1, 0.15) is 117 Å². The number of hydrogen-bond acceptors (Lipinski definition) is 9. The van der Waals surface area contributed by atoms with E-state index in [9.17, 15) is 25.2 Å². The average molecular weight is 835 g/mol. The Morgan fingerprint density at radius 2 is 0.967 bits per heavy atom. The summed E-state index contributed by atoms with van der Waals surface area (Å²) in [5.74, 6) is -0.459. The molecule has 0 saturated carbocycles. The first kappa shape index (κ1) is 54.3. The summed E-state index contributed by atoms with van der Waals surface area (Å²) in [6.07, 6.45) is 53.6. The summed E-state index contributed by atoms with van der Waals surface area (Å²) < 4.78 is 22.6. The molecule has 0 aromatic rings. The van der Waals surface area contributed by atoms with Gasteiger partial charge in [0.25, 0.3) is 0 Å². The Balaban J connectivity index is 2.37. The van der Waals surface area contributed by atoms with Gasteiger partial charge in [0.05, 0.1) is 26.2 Å². The topological polar surface area (TPSA) is 135 Å². The zero-order valence-electron chi connectivity index (χ0n) is 36.6. The molecule has 1 heterocycles. The van der Waals surface area contributed by atoms with Gasteiger partial charge in [-0.1, -0.05) is 154 Å². The Morgan fingerprint density at radius 3 is 1.42 bits per heavy atom. The third kappa shape index (κ3) is 31.2. The van der Waals surface area contributed by atoms with Gasteiger partial charge in [-0.3, -0.25) is 4.79 Å². The molecule has 0 spiro atoms. The van der Waals surface area contributed by atoms with E-state index < -0.39 is 49.4 Å². The second-order valence-corrected chi connectivity index (χ2v) is 14.4. The van der Waals surface area contributed by atoms with Gasteiger partial charge in [-0.2, -0.15) is 0 Å². The second-order valence-electron chi connectivity index (χ2n) is 14.4. The summed E-state index contributed by atoms with van der Waals surface area (Å²) in [7, 11) is 0. The lowest BCUT2D eigenvalue weighted by atomic mass is 9.99. The number of esters is 1. The van der Waals surface area contributed by atoms with Gasteiger partial charge in [-0.05, 0) is 89.9 Å². The van der Waals surface area contributed by atoms with Gasteiger partial charge in [0, 0.05) is 6.61 Å². The largest absolute Gasteiger partial charge is 0.457 e. The minimum atomic E-state index is -1.57. The first-order chi connectivity index (χ1) is 29.4. The van der Waals surface area contributed by atoms with Gasteiger partial charge in [-0.25, -0.2) is 0 Å². The van der Waals surface area contributed by atoms with Crippen LogP contribution < -0.4 is 0 Å². The lowest BCUT2D eigenvalue weighted by molar-refractivity contribution is -0.305. The fraction of sp³-hybridized carbons (Fsp3) is 0.549. The van der Waals surface area contributed by atoms with Crippen molar-refractivity contribution in [3.63, 3.8) is 0 Å². The minimum Gasteiger partial charge on any atom is -0.457 e. The van der Waals surface area contributed by atoms with E-state index in [0.29, 0.717) is 13.0 Å². The SMILES string of the molecule is CC/C=C\C/C=C\C/C=C\C/C=C\C/C=C\C/C=C\CCCCCOCC(COC1OC(CO)C(O)C(O)C1O)OC(=O)C/C=C\C/C=C\C/C=C\C/C=C\C/C=C\CC. The van der Waals surface area contributed by atoms with E-state index in [1.807, 2.05) is 12.2 Å². The van der Waals surface area contributed by atoms with Gasteiger partial charge >= 0.3 is 5.97 Å². The third-order valence-corrected chi connectivity index (χ3v) is 9.09. The maximum absolute atomic E-state index is 12.7. The van der Waals surface area contributed by atoms with E-state index in [4.69, 9.17) is 18.9 Å². The molecule has 336 valence electrons. The predicted octanol–water partition coefficient (Wildman–Crippen LogP) is 10.1. The first-order valence-electron chi connectivity index (χ1n) is 22.3. The Kier molecular flexibility index (Phi) is 36.9. The van der Waals surface area contributed by atoms with Crippen molar-refractivity contribution in [3.8, 4) is 0 Å². The fourth-order valence-electron chi connectivity index (χ4n) is 5.69. The Morgan fingerprint density at radius 1 is 0.533 bits per heavy atom. The van der Waals surface area contributed by atoms with Gasteiger partial charge < -0.3 is 39.4 Å². The summed E-state index contributed by atoms with van der Waals surface area (Å²) in [6.45, 7) is 4.08. The van der Waals surface area contributed by atoms with Crippen molar-refractivity contribution in [2.45, 2.75) is 153 Å². The van der Waals surface area contributed by atoms with Crippen LogP contribution in [-0.2, 0) is 23.7 Å². The van der Waals surface area contributed by atoms with Crippen molar-refractivity contribution in [1.82, 2.24) is 0 Å². The normalized spacial score (nSPS) is 21.3. The molecular weight excluding hydrogens is 757 g/mol. The third-order valence-electron chi connectivity index (χ3n) is 9.09. The summed E-state index contributed by atoms with van der Waals surface area (Å²) in [4.78, 5) is 12.7. The molecule has 9 nitrogen and oxygen atoms in total. The molecule has 0 aliphatic carbocycles. The molecule has 0 bridgehead atoms. The number of aliphatic hydroxyl groups is 4. The number of carbonyl (C=O) groups excluding carboxylic acids is 1. The van der Waals surface area contributed by atoms with Crippen LogP contribution in [0, 0.1) is 0 Å². The lowest BCUT2D eigenvalue weighted by Crippen LogP contribution is -2.59.